The molecule has 0 aromatic heterocycles. The van der Waals surface area contributed by atoms with Crippen LogP contribution in [0.3, 0.4) is 0 Å². The standard InChI is InChI=1S/C20H24O/c1-13(2)9-14-4-6-18-16(10-14)7-8-20(19(18)21)12-15-3-5-17(20)11-15/h3-4,6,10,13,17H,5,7-9,11-12H2,1-2H3. The van der Waals surface area contributed by atoms with Crippen molar-refractivity contribution >= 4 is 5.78 Å². The van der Waals surface area contributed by atoms with Crippen LogP contribution in [0, 0.1) is 17.3 Å². The lowest BCUT2D eigenvalue weighted by molar-refractivity contribution is 0.0671. The zero-order chi connectivity index (χ0) is 14.6. The van der Waals surface area contributed by atoms with Gasteiger partial charge in [-0.2, -0.15) is 0 Å². The molecule has 1 aromatic rings. The van der Waals surface area contributed by atoms with Gasteiger partial charge in [-0.25, -0.2) is 0 Å². The van der Waals surface area contributed by atoms with Crippen molar-refractivity contribution in [1.29, 1.82) is 0 Å². The van der Waals surface area contributed by atoms with E-state index in [9.17, 15) is 4.79 Å². The first kappa shape index (κ1) is 13.3. The summed E-state index contributed by atoms with van der Waals surface area (Å²) in [5, 5.41) is 0. The van der Waals surface area contributed by atoms with Crippen LogP contribution in [0.2, 0.25) is 0 Å². The van der Waals surface area contributed by atoms with Crippen molar-refractivity contribution in [3.8, 4) is 0 Å². The molecule has 4 rings (SSSR count). The second-order valence-electron chi connectivity index (χ2n) is 7.75. The van der Waals surface area contributed by atoms with E-state index in [4.69, 9.17) is 0 Å². The van der Waals surface area contributed by atoms with Crippen LogP contribution in [0.5, 0.6) is 0 Å². The fraction of sp³-hybridized carbons (Fsp3) is 0.550. The van der Waals surface area contributed by atoms with E-state index in [0.717, 1.165) is 37.7 Å². The van der Waals surface area contributed by atoms with E-state index in [-0.39, 0.29) is 5.41 Å². The Kier molecular flexibility index (Phi) is 2.89. The van der Waals surface area contributed by atoms with Crippen LogP contribution >= 0.6 is 0 Å². The van der Waals surface area contributed by atoms with E-state index in [2.05, 4.69) is 38.1 Å². The minimum Gasteiger partial charge on any atom is -0.294 e. The molecule has 0 saturated heterocycles. The Balaban J connectivity index is 1.68. The number of allylic oxidation sites excluding steroid dienone is 2. The Morgan fingerprint density at radius 2 is 2.19 bits per heavy atom. The summed E-state index contributed by atoms with van der Waals surface area (Å²) in [7, 11) is 0. The lowest BCUT2D eigenvalue weighted by Gasteiger charge is -2.38. The summed E-state index contributed by atoms with van der Waals surface area (Å²) >= 11 is 0. The van der Waals surface area contributed by atoms with E-state index < -0.39 is 0 Å². The molecule has 1 saturated carbocycles. The number of benzene rings is 1. The molecule has 1 spiro atoms. The number of hydrogen-bond acceptors (Lipinski definition) is 1. The maximum atomic E-state index is 13.1. The van der Waals surface area contributed by atoms with Crippen LogP contribution < -0.4 is 0 Å². The van der Waals surface area contributed by atoms with Gasteiger partial charge in [0.2, 0.25) is 0 Å². The number of fused-ring (bicyclic) bond motifs is 4. The second-order valence-corrected chi connectivity index (χ2v) is 7.75. The summed E-state index contributed by atoms with van der Waals surface area (Å²) in [6.45, 7) is 4.51. The Morgan fingerprint density at radius 3 is 2.86 bits per heavy atom. The zero-order valence-electron chi connectivity index (χ0n) is 13.1. The fourth-order valence-electron chi connectivity index (χ4n) is 4.88. The zero-order valence-corrected chi connectivity index (χ0v) is 13.1. The average Bonchev–Trinajstić information content (AvgIpc) is 3.04. The Hall–Kier alpha value is -1.37. The average molecular weight is 280 g/mol. The number of carbonyl (C=O) groups is 1. The monoisotopic (exact) mass is 280 g/mol. The minimum absolute atomic E-state index is 0.0311. The van der Waals surface area contributed by atoms with Crippen molar-refractivity contribution in [1.82, 2.24) is 0 Å². The number of ketones is 1. The highest BCUT2D eigenvalue weighted by Crippen LogP contribution is 2.58. The topological polar surface area (TPSA) is 17.1 Å². The third-order valence-electron chi connectivity index (χ3n) is 5.87. The van der Waals surface area contributed by atoms with Crippen molar-refractivity contribution in [2.24, 2.45) is 17.3 Å². The van der Waals surface area contributed by atoms with E-state index >= 15 is 0 Å². The summed E-state index contributed by atoms with van der Waals surface area (Å²) in [5.74, 6) is 1.72. The van der Waals surface area contributed by atoms with Gasteiger partial charge in [-0.3, -0.25) is 4.79 Å². The lowest BCUT2D eigenvalue weighted by Crippen LogP contribution is -2.39. The van der Waals surface area contributed by atoms with Crippen LogP contribution in [0.4, 0.5) is 0 Å². The molecule has 3 aliphatic rings. The molecular formula is C20H24O. The predicted molar refractivity (Wildman–Crippen MR) is 85.5 cm³/mol. The van der Waals surface area contributed by atoms with Crippen molar-refractivity contribution in [2.75, 3.05) is 0 Å². The summed E-state index contributed by atoms with van der Waals surface area (Å²) in [5.41, 5.74) is 5.25. The molecule has 0 amide bonds. The maximum absolute atomic E-state index is 13.1. The van der Waals surface area contributed by atoms with Crippen molar-refractivity contribution in [3.05, 3.63) is 46.5 Å². The minimum atomic E-state index is -0.0311. The molecule has 2 bridgehead atoms. The van der Waals surface area contributed by atoms with Crippen LogP contribution in [0.25, 0.3) is 0 Å². The van der Waals surface area contributed by atoms with Crippen molar-refractivity contribution in [3.63, 3.8) is 0 Å². The molecule has 2 unspecified atom stereocenters. The summed E-state index contributed by atoms with van der Waals surface area (Å²) < 4.78 is 0. The van der Waals surface area contributed by atoms with Gasteiger partial charge in [0.1, 0.15) is 0 Å². The first-order chi connectivity index (χ1) is 10.1. The van der Waals surface area contributed by atoms with Gasteiger partial charge in [0.05, 0.1) is 0 Å². The van der Waals surface area contributed by atoms with E-state index in [0.29, 0.717) is 17.6 Å². The van der Waals surface area contributed by atoms with Gasteiger partial charge >= 0.3 is 0 Å². The summed E-state index contributed by atoms with van der Waals surface area (Å²) in [4.78, 5) is 13.1. The van der Waals surface area contributed by atoms with E-state index in [1.54, 1.807) is 5.57 Å². The maximum Gasteiger partial charge on any atom is 0.169 e. The summed E-state index contributed by atoms with van der Waals surface area (Å²) in [6.07, 6.45) is 9.04. The SMILES string of the molecule is CC(C)Cc1ccc2c(c1)CCC1(CC3=CCC1C3)C2=O. The molecule has 0 radical (unpaired) electrons. The Labute approximate surface area is 127 Å². The lowest BCUT2D eigenvalue weighted by atomic mass is 9.63. The summed E-state index contributed by atoms with van der Waals surface area (Å²) in [6, 6.07) is 6.60. The highest BCUT2D eigenvalue weighted by Gasteiger charge is 2.53. The normalized spacial score (nSPS) is 30.1. The first-order valence-corrected chi connectivity index (χ1v) is 8.43. The van der Waals surface area contributed by atoms with Crippen LogP contribution in [0.15, 0.2) is 29.8 Å². The number of carbonyl (C=O) groups excluding carboxylic acids is 1. The van der Waals surface area contributed by atoms with Crippen LogP contribution in [-0.2, 0) is 12.8 Å². The molecule has 0 heterocycles. The number of aryl methyl sites for hydroxylation is 1. The molecule has 0 aliphatic heterocycles. The van der Waals surface area contributed by atoms with Crippen LogP contribution in [0.1, 0.15) is 61.0 Å². The highest BCUT2D eigenvalue weighted by molar-refractivity contribution is 6.03. The number of rotatable bonds is 2. The van der Waals surface area contributed by atoms with Gasteiger partial charge in [-0.1, -0.05) is 43.7 Å². The fourth-order valence-corrected chi connectivity index (χ4v) is 4.88. The quantitative estimate of drug-likeness (QED) is 0.715. The molecule has 3 aliphatic carbocycles. The molecule has 0 N–H and O–H groups in total. The number of Topliss-reactive ketones (excluding diaryl/α,β-unsaturated/α-hetero) is 1. The molecule has 1 fully saturated rings. The molecule has 1 aromatic carbocycles. The van der Waals surface area contributed by atoms with E-state index in [1.165, 1.54) is 17.5 Å². The van der Waals surface area contributed by atoms with Gasteiger partial charge in [0.25, 0.3) is 0 Å². The second kappa shape index (κ2) is 4.56. The van der Waals surface area contributed by atoms with Gasteiger partial charge in [-0.15, -0.1) is 0 Å². The molecular weight excluding hydrogens is 256 g/mol. The third-order valence-corrected chi connectivity index (χ3v) is 5.87. The molecule has 21 heavy (non-hydrogen) atoms. The van der Waals surface area contributed by atoms with Crippen molar-refractivity contribution in [2.45, 2.75) is 52.4 Å². The van der Waals surface area contributed by atoms with Gasteiger partial charge in [0.15, 0.2) is 5.78 Å². The molecule has 110 valence electrons. The number of hydrogen-bond donors (Lipinski definition) is 0. The van der Waals surface area contributed by atoms with Gasteiger partial charge < -0.3 is 0 Å². The molecule has 2 atom stereocenters. The highest BCUT2D eigenvalue weighted by atomic mass is 16.1. The van der Waals surface area contributed by atoms with Gasteiger partial charge in [-0.05, 0) is 61.5 Å². The Morgan fingerprint density at radius 1 is 1.33 bits per heavy atom. The predicted octanol–water partition coefficient (Wildman–Crippen LogP) is 4.74. The smallest absolute Gasteiger partial charge is 0.169 e. The molecule has 1 heteroatoms. The largest absolute Gasteiger partial charge is 0.294 e. The Bertz CT molecular complexity index is 637. The van der Waals surface area contributed by atoms with Crippen LogP contribution in [-0.4, -0.2) is 5.78 Å². The van der Waals surface area contributed by atoms with E-state index in [1.807, 2.05) is 0 Å². The van der Waals surface area contributed by atoms with Gasteiger partial charge in [0, 0.05) is 11.0 Å². The first-order valence-electron chi connectivity index (χ1n) is 8.43. The van der Waals surface area contributed by atoms with Crippen molar-refractivity contribution < 1.29 is 4.79 Å². The molecule has 1 nitrogen and oxygen atoms in total. The third kappa shape index (κ3) is 1.93.